The Morgan fingerprint density at radius 3 is 3.30 bits per heavy atom. The maximum absolute atomic E-state index is 11.1. The molecule has 0 saturated carbocycles. The van der Waals surface area contributed by atoms with Crippen LogP contribution in [0.1, 0.15) is 19.3 Å². The molecule has 10 heavy (non-hydrogen) atoms. The van der Waals surface area contributed by atoms with Crippen LogP contribution in [0.2, 0.25) is 0 Å². The molecule has 0 N–H and O–H groups in total. The van der Waals surface area contributed by atoms with Gasteiger partial charge in [0.25, 0.3) is 0 Å². The monoisotopic (exact) mass is 154 g/mol. The summed E-state index contributed by atoms with van der Waals surface area (Å²) in [6, 6.07) is 0. The number of carbonyl (C=O) groups excluding carboxylic acids is 1. The lowest BCUT2D eigenvalue weighted by molar-refractivity contribution is -0.108. The molecule has 0 amide bonds. The van der Waals surface area contributed by atoms with Crippen molar-refractivity contribution in [1.29, 1.82) is 0 Å². The maximum atomic E-state index is 11.1. The molecular formula is C8H10OS. The highest BCUT2D eigenvalue weighted by molar-refractivity contribution is 8.14. The van der Waals surface area contributed by atoms with Gasteiger partial charge in [0.2, 0.25) is 5.12 Å². The van der Waals surface area contributed by atoms with Crippen LogP contribution < -0.4 is 0 Å². The molecule has 1 fully saturated rings. The third kappa shape index (κ3) is 0.908. The van der Waals surface area contributed by atoms with Crippen LogP contribution in [0.3, 0.4) is 0 Å². The maximum Gasteiger partial charge on any atom is 0.215 e. The van der Waals surface area contributed by atoms with Crippen LogP contribution >= 0.6 is 11.8 Å². The zero-order valence-electron chi connectivity index (χ0n) is 5.80. The molecule has 1 saturated heterocycles. The van der Waals surface area contributed by atoms with Crippen LogP contribution in [-0.2, 0) is 4.79 Å². The van der Waals surface area contributed by atoms with Crippen molar-refractivity contribution in [2.75, 3.05) is 5.75 Å². The first-order chi connectivity index (χ1) is 4.88. The van der Waals surface area contributed by atoms with E-state index in [-0.39, 0.29) is 0 Å². The third-order valence-corrected chi connectivity index (χ3v) is 3.28. The van der Waals surface area contributed by atoms with E-state index in [2.05, 4.69) is 6.08 Å². The molecule has 1 atom stereocenters. The molecule has 54 valence electrons. The van der Waals surface area contributed by atoms with Gasteiger partial charge in [-0.15, -0.1) is 0 Å². The van der Waals surface area contributed by atoms with Crippen LogP contribution in [0.5, 0.6) is 0 Å². The Morgan fingerprint density at radius 2 is 2.50 bits per heavy atom. The average molecular weight is 154 g/mol. The van der Waals surface area contributed by atoms with Crippen LogP contribution in [0.4, 0.5) is 0 Å². The molecule has 1 aliphatic carbocycles. The fourth-order valence-corrected chi connectivity index (χ4v) is 2.74. The summed E-state index contributed by atoms with van der Waals surface area (Å²) in [5.74, 6) is 1.66. The van der Waals surface area contributed by atoms with Crippen molar-refractivity contribution in [2.24, 2.45) is 5.92 Å². The van der Waals surface area contributed by atoms with Gasteiger partial charge in [-0.05, 0) is 25.2 Å². The first-order valence-corrected chi connectivity index (χ1v) is 4.73. The molecule has 0 bridgehead atoms. The van der Waals surface area contributed by atoms with Gasteiger partial charge in [-0.1, -0.05) is 17.8 Å². The van der Waals surface area contributed by atoms with Gasteiger partial charge in [0.05, 0.1) is 0 Å². The second-order valence-electron chi connectivity index (χ2n) is 2.89. The van der Waals surface area contributed by atoms with Crippen LogP contribution in [0, 0.1) is 5.92 Å². The molecule has 0 aromatic rings. The van der Waals surface area contributed by atoms with Crippen LogP contribution in [-0.4, -0.2) is 10.9 Å². The van der Waals surface area contributed by atoms with E-state index in [1.807, 2.05) is 0 Å². The number of carbonyl (C=O) groups is 1. The molecule has 1 unspecified atom stereocenters. The van der Waals surface area contributed by atoms with E-state index < -0.39 is 0 Å². The highest BCUT2D eigenvalue weighted by atomic mass is 32.2. The highest BCUT2D eigenvalue weighted by Crippen LogP contribution is 2.37. The Hall–Kier alpha value is -0.240. The Kier molecular flexibility index (Phi) is 1.57. The van der Waals surface area contributed by atoms with Crippen molar-refractivity contribution >= 4 is 16.9 Å². The summed E-state index contributed by atoms with van der Waals surface area (Å²) in [6.07, 6.45) is 5.78. The molecule has 0 aromatic carbocycles. The highest BCUT2D eigenvalue weighted by Gasteiger charge is 2.30. The number of fused-ring (bicyclic) bond motifs is 1. The first kappa shape index (κ1) is 6.47. The molecule has 2 heteroatoms. The molecule has 1 heterocycles. The molecule has 1 nitrogen and oxygen atoms in total. The van der Waals surface area contributed by atoms with Gasteiger partial charge >= 0.3 is 0 Å². The second-order valence-corrected chi connectivity index (χ2v) is 3.88. The zero-order valence-corrected chi connectivity index (χ0v) is 6.62. The number of rotatable bonds is 0. The lowest BCUT2D eigenvalue weighted by Gasteiger charge is -2.13. The van der Waals surface area contributed by atoms with Gasteiger partial charge in [0.15, 0.2) is 0 Å². The second kappa shape index (κ2) is 2.42. The van der Waals surface area contributed by atoms with Gasteiger partial charge in [-0.2, -0.15) is 0 Å². The molecule has 0 spiro atoms. The van der Waals surface area contributed by atoms with E-state index in [0.717, 1.165) is 17.7 Å². The van der Waals surface area contributed by atoms with Crippen LogP contribution in [0.25, 0.3) is 0 Å². The van der Waals surface area contributed by atoms with E-state index in [1.54, 1.807) is 0 Å². The Bertz CT molecular complexity index is 195. The Labute approximate surface area is 64.9 Å². The van der Waals surface area contributed by atoms with Crippen molar-refractivity contribution < 1.29 is 4.79 Å². The smallest absolute Gasteiger partial charge is 0.215 e. The normalized spacial score (nSPS) is 31.8. The van der Waals surface area contributed by atoms with E-state index in [1.165, 1.54) is 24.6 Å². The minimum absolute atomic E-state index is 0.338. The first-order valence-electron chi connectivity index (χ1n) is 3.75. The summed E-state index contributed by atoms with van der Waals surface area (Å²) in [5.41, 5.74) is 1.12. The fraction of sp³-hybridized carbons (Fsp3) is 0.625. The van der Waals surface area contributed by atoms with E-state index in [4.69, 9.17) is 0 Å². The number of allylic oxidation sites excluding steroid dienone is 1. The third-order valence-electron chi connectivity index (χ3n) is 2.21. The van der Waals surface area contributed by atoms with Crippen molar-refractivity contribution in [3.8, 4) is 0 Å². The molecule has 1 aliphatic heterocycles. The Morgan fingerprint density at radius 1 is 1.60 bits per heavy atom. The summed E-state index contributed by atoms with van der Waals surface area (Å²) in [4.78, 5) is 11.1. The predicted molar refractivity (Wildman–Crippen MR) is 42.9 cm³/mol. The lowest BCUT2D eigenvalue weighted by atomic mass is 9.90. The van der Waals surface area contributed by atoms with Gasteiger partial charge in [0.1, 0.15) is 0 Å². The van der Waals surface area contributed by atoms with Gasteiger partial charge in [-0.3, -0.25) is 4.79 Å². The van der Waals surface area contributed by atoms with E-state index >= 15 is 0 Å². The summed E-state index contributed by atoms with van der Waals surface area (Å²) >= 11 is 1.50. The van der Waals surface area contributed by atoms with Crippen LogP contribution in [0.15, 0.2) is 11.6 Å². The van der Waals surface area contributed by atoms with Gasteiger partial charge < -0.3 is 0 Å². The van der Waals surface area contributed by atoms with Crippen molar-refractivity contribution in [3.63, 3.8) is 0 Å². The topological polar surface area (TPSA) is 17.1 Å². The quantitative estimate of drug-likeness (QED) is 0.530. The summed E-state index contributed by atoms with van der Waals surface area (Å²) in [7, 11) is 0. The molecule has 2 rings (SSSR count). The zero-order chi connectivity index (χ0) is 6.97. The minimum Gasteiger partial charge on any atom is -0.282 e. The van der Waals surface area contributed by atoms with Crippen molar-refractivity contribution in [2.45, 2.75) is 19.3 Å². The Balaban J connectivity index is 2.27. The van der Waals surface area contributed by atoms with Gasteiger partial charge in [0, 0.05) is 11.3 Å². The van der Waals surface area contributed by atoms with E-state index in [0.29, 0.717) is 11.0 Å². The molecular weight excluding hydrogens is 144 g/mol. The van der Waals surface area contributed by atoms with Gasteiger partial charge in [-0.25, -0.2) is 0 Å². The molecule has 0 aromatic heterocycles. The fourth-order valence-electron chi connectivity index (χ4n) is 1.63. The predicted octanol–water partition coefficient (Wildman–Crippen LogP) is 1.99. The largest absolute Gasteiger partial charge is 0.282 e. The van der Waals surface area contributed by atoms with E-state index in [9.17, 15) is 4.79 Å². The number of hydrogen-bond acceptors (Lipinski definition) is 2. The SMILES string of the molecule is O=C1SCC2CCCC=C12. The van der Waals surface area contributed by atoms with Crippen molar-refractivity contribution in [1.82, 2.24) is 0 Å². The summed E-state index contributed by atoms with van der Waals surface area (Å²) in [6.45, 7) is 0. The number of hydrogen-bond donors (Lipinski definition) is 0. The summed E-state index contributed by atoms with van der Waals surface area (Å²) in [5, 5.41) is 0.338. The minimum atomic E-state index is 0.338. The van der Waals surface area contributed by atoms with Crippen molar-refractivity contribution in [3.05, 3.63) is 11.6 Å². The number of thioether (sulfide) groups is 1. The standard InChI is InChI=1S/C8H10OS/c9-8-7-4-2-1-3-6(7)5-10-8/h4,6H,1-3,5H2. The lowest BCUT2D eigenvalue weighted by Crippen LogP contribution is -2.07. The average Bonchev–Trinajstić information content (AvgIpc) is 2.34. The molecule has 0 radical (unpaired) electrons. The summed E-state index contributed by atoms with van der Waals surface area (Å²) < 4.78 is 0. The molecule has 2 aliphatic rings.